The molecular weight excluding hydrogens is 328 g/mol. The standard InChI is InChI=1S/C17H17BrN2O/c1-11(2)19-10-14-6-7-16(21-14)15-5-3-4-12-8-13(18)9-20-17(12)15/h3-9,11,19H,10H2,1-2H3. The zero-order valence-electron chi connectivity index (χ0n) is 12.1. The van der Waals surface area contributed by atoms with E-state index in [2.05, 4.69) is 52.2 Å². The molecule has 21 heavy (non-hydrogen) atoms. The van der Waals surface area contributed by atoms with Crippen molar-refractivity contribution in [3.63, 3.8) is 0 Å². The number of nitrogens with zero attached hydrogens (tertiary/aromatic N) is 1. The summed E-state index contributed by atoms with van der Waals surface area (Å²) in [5.74, 6) is 1.80. The predicted octanol–water partition coefficient (Wildman–Crippen LogP) is 4.76. The molecule has 0 bridgehead atoms. The highest BCUT2D eigenvalue weighted by Gasteiger charge is 2.10. The molecule has 0 aliphatic rings. The first kappa shape index (κ1) is 14.3. The molecule has 0 unspecified atom stereocenters. The Morgan fingerprint density at radius 1 is 1.24 bits per heavy atom. The van der Waals surface area contributed by atoms with Gasteiger partial charge in [-0.25, -0.2) is 0 Å². The van der Waals surface area contributed by atoms with Gasteiger partial charge in [-0.2, -0.15) is 0 Å². The molecule has 0 atom stereocenters. The molecule has 0 fully saturated rings. The fourth-order valence-electron chi connectivity index (χ4n) is 2.26. The maximum Gasteiger partial charge on any atom is 0.136 e. The van der Waals surface area contributed by atoms with Crippen LogP contribution in [0.25, 0.3) is 22.2 Å². The van der Waals surface area contributed by atoms with Crippen LogP contribution in [0.5, 0.6) is 0 Å². The van der Waals surface area contributed by atoms with Crippen LogP contribution in [0.15, 0.2) is 51.5 Å². The lowest BCUT2D eigenvalue weighted by Crippen LogP contribution is -2.21. The zero-order chi connectivity index (χ0) is 14.8. The number of rotatable bonds is 4. The molecule has 0 aliphatic heterocycles. The normalized spacial score (nSPS) is 11.4. The molecule has 3 rings (SSSR count). The molecule has 0 aliphatic carbocycles. The Balaban J connectivity index is 1.97. The minimum absolute atomic E-state index is 0.440. The van der Waals surface area contributed by atoms with Crippen molar-refractivity contribution in [3.8, 4) is 11.3 Å². The van der Waals surface area contributed by atoms with E-state index in [9.17, 15) is 0 Å². The average Bonchev–Trinajstić information content (AvgIpc) is 2.93. The van der Waals surface area contributed by atoms with Crippen LogP contribution in [-0.2, 0) is 6.54 Å². The van der Waals surface area contributed by atoms with Crippen molar-refractivity contribution in [1.29, 1.82) is 0 Å². The number of nitrogens with one attached hydrogen (secondary N) is 1. The van der Waals surface area contributed by atoms with Gasteiger partial charge in [0.25, 0.3) is 0 Å². The van der Waals surface area contributed by atoms with Crippen LogP contribution in [0.2, 0.25) is 0 Å². The van der Waals surface area contributed by atoms with Crippen LogP contribution in [-0.4, -0.2) is 11.0 Å². The third kappa shape index (κ3) is 3.17. The van der Waals surface area contributed by atoms with Crippen LogP contribution in [0.3, 0.4) is 0 Å². The van der Waals surface area contributed by atoms with Crippen molar-refractivity contribution in [3.05, 3.63) is 52.8 Å². The quantitative estimate of drug-likeness (QED) is 0.741. The number of fused-ring (bicyclic) bond motifs is 1. The van der Waals surface area contributed by atoms with Gasteiger partial charge in [-0.05, 0) is 40.2 Å². The fourth-order valence-corrected chi connectivity index (χ4v) is 2.60. The number of pyridine rings is 1. The lowest BCUT2D eigenvalue weighted by molar-refractivity contribution is 0.473. The topological polar surface area (TPSA) is 38.1 Å². The van der Waals surface area contributed by atoms with Crippen LogP contribution in [0, 0.1) is 0 Å². The maximum atomic E-state index is 5.94. The Labute approximate surface area is 132 Å². The van der Waals surface area contributed by atoms with E-state index in [4.69, 9.17) is 4.42 Å². The summed E-state index contributed by atoms with van der Waals surface area (Å²) >= 11 is 3.46. The van der Waals surface area contributed by atoms with Crippen molar-refractivity contribution in [1.82, 2.24) is 10.3 Å². The second kappa shape index (κ2) is 6.00. The first-order chi connectivity index (χ1) is 10.1. The SMILES string of the molecule is CC(C)NCc1ccc(-c2cccc3cc(Br)cnc23)o1. The highest BCUT2D eigenvalue weighted by Crippen LogP contribution is 2.29. The number of aromatic nitrogens is 1. The summed E-state index contributed by atoms with van der Waals surface area (Å²) in [5, 5.41) is 4.45. The van der Waals surface area contributed by atoms with Crippen molar-refractivity contribution < 1.29 is 4.42 Å². The minimum atomic E-state index is 0.440. The van der Waals surface area contributed by atoms with E-state index in [0.29, 0.717) is 6.04 Å². The Morgan fingerprint density at radius 2 is 2.10 bits per heavy atom. The van der Waals surface area contributed by atoms with Gasteiger partial charge >= 0.3 is 0 Å². The van der Waals surface area contributed by atoms with E-state index in [-0.39, 0.29) is 0 Å². The molecule has 1 aromatic carbocycles. The number of furan rings is 1. The smallest absolute Gasteiger partial charge is 0.136 e. The van der Waals surface area contributed by atoms with Gasteiger partial charge in [0.15, 0.2) is 0 Å². The maximum absolute atomic E-state index is 5.94. The van der Waals surface area contributed by atoms with Crippen molar-refractivity contribution >= 4 is 26.8 Å². The third-order valence-corrected chi connectivity index (χ3v) is 3.72. The number of para-hydroxylation sites is 1. The number of hydrogen-bond acceptors (Lipinski definition) is 3. The van der Waals surface area contributed by atoms with E-state index in [1.807, 2.05) is 30.5 Å². The van der Waals surface area contributed by atoms with Gasteiger partial charge in [0, 0.05) is 27.7 Å². The molecule has 0 saturated carbocycles. The van der Waals surface area contributed by atoms with Gasteiger partial charge in [-0.3, -0.25) is 4.98 Å². The molecule has 3 nitrogen and oxygen atoms in total. The molecule has 0 amide bonds. The van der Waals surface area contributed by atoms with E-state index in [1.54, 1.807) is 0 Å². The van der Waals surface area contributed by atoms with Crippen LogP contribution in [0.4, 0.5) is 0 Å². The van der Waals surface area contributed by atoms with E-state index in [1.165, 1.54) is 0 Å². The molecule has 1 N–H and O–H groups in total. The van der Waals surface area contributed by atoms with Crippen molar-refractivity contribution in [2.24, 2.45) is 0 Å². The second-order valence-electron chi connectivity index (χ2n) is 5.33. The minimum Gasteiger partial charge on any atom is -0.460 e. The monoisotopic (exact) mass is 344 g/mol. The summed E-state index contributed by atoms with van der Waals surface area (Å²) in [5.41, 5.74) is 1.98. The Hall–Kier alpha value is -1.65. The Morgan fingerprint density at radius 3 is 2.90 bits per heavy atom. The van der Waals surface area contributed by atoms with Gasteiger partial charge in [0.1, 0.15) is 11.5 Å². The summed E-state index contributed by atoms with van der Waals surface area (Å²) in [6, 6.07) is 12.7. The molecule has 0 saturated heterocycles. The lowest BCUT2D eigenvalue weighted by atomic mass is 10.1. The number of benzene rings is 1. The summed E-state index contributed by atoms with van der Waals surface area (Å²) in [7, 11) is 0. The summed E-state index contributed by atoms with van der Waals surface area (Å²) in [6.45, 7) is 4.98. The number of hydrogen-bond donors (Lipinski definition) is 1. The summed E-state index contributed by atoms with van der Waals surface area (Å²) in [6.07, 6.45) is 1.82. The Kier molecular flexibility index (Phi) is 4.08. The van der Waals surface area contributed by atoms with E-state index >= 15 is 0 Å². The first-order valence-electron chi connectivity index (χ1n) is 7.00. The van der Waals surface area contributed by atoms with Crippen LogP contribution >= 0.6 is 15.9 Å². The Bertz CT molecular complexity index is 764. The molecule has 3 aromatic rings. The highest BCUT2D eigenvalue weighted by atomic mass is 79.9. The van der Waals surface area contributed by atoms with Gasteiger partial charge in [0.05, 0.1) is 12.1 Å². The van der Waals surface area contributed by atoms with Crippen LogP contribution < -0.4 is 5.32 Å². The average molecular weight is 345 g/mol. The van der Waals surface area contributed by atoms with E-state index < -0.39 is 0 Å². The molecule has 4 heteroatoms. The molecule has 2 aromatic heterocycles. The van der Waals surface area contributed by atoms with Gasteiger partial charge in [-0.15, -0.1) is 0 Å². The summed E-state index contributed by atoms with van der Waals surface area (Å²) in [4.78, 5) is 4.52. The van der Waals surface area contributed by atoms with Crippen molar-refractivity contribution in [2.75, 3.05) is 0 Å². The van der Waals surface area contributed by atoms with Crippen LogP contribution in [0.1, 0.15) is 19.6 Å². The summed E-state index contributed by atoms with van der Waals surface area (Å²) < 4.78 is 6.92. The first-order valence-corrected chi connectivity index (χ1v) is 7.79. The second-order valence-corrected chi connectivity index (χ2v) is 6.25. The fraction of sp³-hybridized carbons (Fsp3) is 0.235. The van der Waals surface area contributed by atoms with E-state index in [0.717, 1.165) is 39.0 Å². The highest BCUT2D eigenvalue weighted by molar-refractivity contribution is 9.10. The van der Waals surface area contributed by atoms with Gasteiger partial charge in [0.2, 0.25) is 0 Å². The zero-order valence-corrected chi connectivity index (χ0v) is 13.6. The molecule has 0 spiro atoms. The lowest BCUT2D eigenvalue weighted by Gasteiger charge is -2.06. The molecule has 2 heterocycles. The van der Waals surface area contributed by atoms with Gasteiger partial charge in [-0.1, -0.05) is 26.0 Å². The van der Waals surface area contributed by atoms with Crippen molar-refractivity contribution in [2.45, 2.75) is 26.4 Å². The van der Waals surface area contributed by atoms with Gasteiger partial charge < -0.3 is 9.73 Å². The predicted molar refractivity (Wildman–Crippen MR) is 89.1 cm³/mol. The largest absolute Gasteiger partial charge is 0.460 e. The third-order valence-electron chi connectivity index (χ3n) is 3.29. The molecule has 0 radical (unpaired) electrons. The number of halogens is 1. The molecule has 108 valence electrons. The molecular formula is C17H17BrN2O.